The maximum Gasteiger partial charge on any atom is 0.416 e. The molecule has 2 heterocycles. The van der Waals surface area contributed by atoms with E-state index in [4.69, 9.17) is 4.74 Å². The Bertz CT molecular complexity index is 1180. The highest BCUT2D eigenvalue weighted by atomic mass is 19.4. The van der Waals surface area contributed by atoms with E-state index in [1.807, 2.05) is 0 Å². The largest absolute Gasteiger partial charge is 0.416 e. The lowest BCUT2D eigenvalue weighted by Crippen LogP contribution is -2.38. The van der Waals surface area contributed by atoms with Crippen molar-refractivity contribution in [2.24, 2.45) is 4.99 Å². The van der Waals surface area contributed by atoms with E-state index in [-0.39, 0.29) is 23.8 Å². The topological polar surface area (TPSA) is 79.4 Å². The molecule has 3 aromatic rings. The number of ether oxygens (including phenoxy) is 1. The van der Waals surface area contributed by atoms with Gasteiger partial charge in [-0.15, -0.1) is 0 Å². The molecular formula is C23H20F4N4O2. The number of hydrogen-bond donors (Lipinski definition) is 2. The molecule has 1 aliphatic heterocycles. The highest BCUT2D eigenvalue weighted by molar-refractivity contribution is 6.07. The van der Waals surface area contributed by atoms with E-state index in [9.17, 15) is 22.4 Å². The lowest BCUT2D eigenvalue weighted by atomic mass is 10.1. The number of nitrogens with one attached hydrogen (secondary N) is 2. The summed E-state index contributed by atoms with van der Waals surface area (Å²) in [5, 5.41) is 9.73. The van der Waals surface area contributed by atoms with Gasteiger partial charge in [0, 0.05) is 23.2 Å². The minimum atomic E-state index is -4.48. The Morgan fingerprint density at radius 2 is 1.91 bits per heavy atom. The van der Waals surface area contributed by atoms with Crippen molar-refractivity contribution in [1.82, 2.24) is 15.5 Å². The van der Waals surface area contributed by atoms with Crippen molar-refractivity contribution in [2.75, 3.05) is 13.2 Å². The number of benzene rings is 2. The van der Waals surface area contributed by atoms with Gasteiger partial charge in [-0.3, -0.25) is 14.9 Å². The van der Waals surface area contributed by atoms with Crippen LogP contribution in [0.4, 0.5) is 17.6 Å². The van der Waals surface area contributed by atoms with Gasteiger partial charge in [0.05, 0.1) is 30.5 Å². The maximum atomic E-state index is 13.9. The fourth-order valence-electron chi connectivity index (χ4n) is 3.19. The molecule has 0 bridgehead atoms. The molecule has 0 atom stereocenters. The third kappa shape index (κ3) is 5.46. The number of carbonyl (C=O) groups is 1. The molecule has 1 aliphatic rings. The lowest BCUT2D eigenvalue weighted by molar-refractivity contribution is -0.137. The molecule has 1 aromatic heterocycles. The van der Waals surface area contributed by atoms with Gasteiger partial charge >= 0.3 is 6.18 Å². The summed E-state index contributed by atoms with van der Waals surface area (Å²) in [6.07, 6.45) is -4.30. The van der Waals surface area contributed by atoms with Crippen molar-refractivity contribution in [3.63, 3.8) is 0 Å². The van der Waals surface area contributed by atoms with Crippen molar-refractivity contribution in [3.05, 3.63) is 76.7 Å². The Morgan fingerprint density at radius 3 is 2.52 bits per heavy atom. The van der Waals surface area contributed by atoms with Crippen LogP contribution in [0.5, 0.6) is 0 Å². The summed E-state index contributed by atoms with van der Waals surface area (Å²) in [4.78, 5) is 17.1. The summed E-state index contributed by atoms with van der Waals surface area (Å²) in [6.45, 7) is 2.49. The molecule has 2 N–H and O–H groups in total. The standard InChI is InChI=1S/C23H20F4N4O2/c1-13-2-3-15(8-19(13)24)20-9-17(30-31-20)10-21(28-18-11-33-12-18)29-22(32)14-4-6-16(7-5-14)23(25,26)27/h2-9,18H,10-12H2,1H3,(H,30,31)(H,28,29,32). The number of aromatic amines is 1. The SMILES string of the molecule is Cc1ccc(-c2cc(CC(=NC3COC3)NC(=O)c3ccc(C(F)(F)F)cc3)[nH]n2)cc1F. The Balaban J connectivity index is 1.50. The summed E-state index contributed by atoms with van der Waals surface area (Å²) < 4.78 is 57.3. The van der Waals surface area contributed by atoms with Gasteiger partial charge in [0.15, 0.2) is 0 Å². The number of nitrogens with zero attached hydrogens (tertiary/aromatic N) is 2. The van der Waals surface area contributed by atoms with E-state index >= 15 is 0 Å². The average Bonchev–Trinajstić information content (AvgIpc) is 3.20. The third-order valence-corrected chi connectivity index (χ3v) is 5.15. The minimum absolute atomic E-state index is 0.0704. The van der Waals surface area contributed by atoms with Gasteiger partial charge in [0.2, 0.25) is 0 Å². The Hall–Kier alpha value is -3.53. The number of carbonyl (C=O) groups excluding carboxylic acids is 1. The fourth-order valence-corrected chi connectivity index (χ4v) is 3.19. The summed E-state index contributed by atoms with van der Waals surface area (Å²) in [7, 11) is 0. The Morgan fingerprint density at radius 1 is 1.18 bits per heavy atom. The number of amides is 1. The van der Waals surface area contributed by atoms with Crippen molar-refractivity contribution in [1.29, 1.82) is 0 Å². The predicted molar refractivity (Wildman–Crippen MR) is 113 cm³/mol. The van der Waals surface area contributed by atoms with Crippen LogP contribution >= 0.6 is 0 Å². The molecule has 0 spiro atoms. The number of H-pyrrole nitrogens is 1. The molecule has 4 rings (SSSR count). The molecular weight excluding hydrogens is 440 g/mol. The fraction of sp³-hybridized carbons (Fsp3) is 0.261. The number of aromatic nitrogens is 2. The molecule has 1 saturated heterocycles. The van der Waals surface area contributed by atoms with Gasteiger partial charge in [0.1, 0.15) is 11.7 Å². The molecule has 0 saturated carbocycles. The second kappa shape index (κ2) is 9.14. The molecule has 1 amide bonds. The molecule has 0 radical (unpaired) electrons. The van der Waals surface area contributed by atoms with Crippen molar-refractivity contribution in [2.45, 2.75) is 25.6 Å². The van der Waals surface area contributed by atoms with Crippen LogP contribution in [-0.2, 0) is 17.3 Å². The van der Waals surface area contributed by atoms with Crippen LogP contribution in [0, 0.1) is 12.7 Å². The van der Waals surface area contributed by atoms with Crippen LogP contribution in [0.1, 0.15) is 27.2 Å². The van der Waals surface area contributed by atoms with Gasteiger partial charge in [-0.25, -0.2) is 4.39 Å². The van der Waals surface area contributed by atoms with E-state index in [1.165, 1.54) is 6.07 Å². The first-order chi connectivity index (χ1) is 15.7. The summed E-state index contributed by atoms with van der Waals surface area (Å²) in [5.74, 6) is -0.602. The molecule has 0 unspecified atom stereocenters. The third-order valence-electron chi connectivity index (χ3n) is 5.15. The van der Waals surface area contributed by atoms with E-state index < -0.39 is 17.6 Å². The van der Waals surface area contributed by atoms with Crippen molar-refractivity contribution < 1.29 is 27.1 Å². The first kappa shape index (κ1) is 22.7. The average molecular weight is 460 g/mol. The number of amidine groups is 1. The number of aryl methyl sites for hydroxylation is 1. The highest BCUT2D eigenvalue weighted by Crippen LogP contribution is 2.29. The van der Waals surface area contributed by atoms with Crippen LogP contribution in [0.15, 0.2) is 53.5 Å². The smallest absolute Gasteiger partial charge is 0.377 e. The van der Waals surface area contributed by atoms with E-state index in [0.29, 0.717) is 41.6 Å². The summed E-state index contributed by atoms with van der Waals surface area (Å²) >= 11 is 0. The lowest BCUT2D eigenvalue weighted by Gasteiger charge is -2.23. The van der Waals surface area contributed by atoms with Crippen LogP contribution in [0.25, 0.3) is 11.3 Å². The zero-order chi connectivity index (χ0) is 23.6. The van der Waals surface area contributed by atoms with Gasteiger partial charge in [-0.05, 0) is 48.9 Å². The highest BCUT2D eigenvalue weighted by Gasteiger charge is 2.30. The van der Waals surface area contributed by atoms with Gasteiger partial charge in [-0.2, -0.15) is 18.3 Å². The number of hydrogen-bond acceptors (Lipinski definition) is 4. The number of alkyl halides is 3. The second-order valence-corrected chi connectivity index (χ2v) is 7.72. The monoisotopic (exact) mass is 460 g/mol. The van der Waals surface area contributed by atoms with Crippen molar-refractivity contribution >= 4 is 11.7 Å². The molecule has 0 aliphatic carbocycles. The predicted octanol–water partition coefficient (Wildman–Crippen LogP) is 4.31. The van der Waals surface area contributed by atoms with Crippen LogP contribution < -0.4 is 5.32 Å². The van der Waals surface area contributed by atoms with Gasteiger partial charge < -0.3 is 10.1 Å². The van der Waals surface area contributed by atoms with E-state index in [0.717, 1.165) is 24.3 Å². The number of rotatable bonds is 5. The molecule has 10 heteroatoms. The quantitative estimate of drug-likeness (QED) is 0.338. The van der Waals surface area contributed by atoms with Gasteiger partial charge in [-0.1, -0.05) is 12.1 Å². The molecule has 1 fully saturated rings. The second-order valence-electron chi connectivity index (χ2n) is 7.72. The normalized spacial score (nSPS) is 14.8. The van der Waals surface area contributed by atoms with E-state index in [2.05, 4.69) is 20.5 Å². The maximum absolute atomic E-state index is 13.9. The summed E-state index contributed by atoms with van der Waals surface area (Å²) in [6, 6.07) is 10.3. The molecule has 2 aromatic carbocycles. The first-order valence-corrected chi connectivity index (χ1v) is 10.1. The summed E-state index contributed by atoms with van der Waals surface area (Å²) in [5.41, 5.74) is 1.51. The van der Waals surface area contributed by atoms with Crippen LogP contribution in [0.3, 0.4) is 0 Å². The zero-order valence-corrected chi connectivity index (χ0v) is 17.5. The van der Waals surface area contributed by atoms with Crippen LogP contribution in [-0.4, -0.2) is 41.2 Å². The van der Waals surface area contributed by atoms with Gasteiger partial charge in [0.25, 0.3) is 5.91 Å². The van der Waals surface area contributed by atoms with Crippen LogP contribution in [0.2, 0.25) is 0 Å². The Kier molecular flexibility index (Phi) is 6.28. The molecule has 172 valence electrons. The number of halogens is 4. The Labute approximate surface area is 186 Å². The molecule has 6 nitrogen and oxygen atoms in total. The minimum Gasteiger partial charge on any atom is -0.377 e. The van der Waals surface area contributed by atoms with E-state index in [1.54, 1.807) is 25.1 Å². The molecule has 33 heavy (non-hydrogen) atoms. The first-order valence-electron chi connectivity index (χ1n) is 10.1. The zero-order valence-electron chi connectivity index (χ0n) is 17.5. The van der Waals surface area contributed by atoms with Crippen molar-refractivity contribution in [3.8, 4) is 11.3 Å². The number of aliphatic imine (C=N–C) groups is 1.